The lowest BCUT2D eigenvalue weighted by Gasteiger charge is -2.27. The zero-order chi connectivity index (χ0) is 26.2. The molecule has 2 bridgehead atoms. The van der Waals surface area contributed by atoms with Gasteiger partial charge in [0.1, 0.15) is 5.75 Å². The molecular formula is C28H31Cl3N4O2. The van der Waals surface area contributed by atoms with Crippen molar-refractivity contribution in [2.45, 2.75) is 70.5 Å². The first-order valence-electron chi connectivity index (χ1n) is 12.8. The summed E-state index contributed by atoms with van der Waals surface area (Å²) in [6.45, 7) is 4.63. The third-order valence-corrected chi connectivity index (χ3v) is 8.47. The molecule has 2 aliphatic carbocycles. The van der Waals surface area contributed by atoms with Crippen LogP contribution in [0.5, 0.6) is 11.6 Å². The smallest absolute Gasteiger partial charge is 0.272 e. The van der Waals surface area contributed by atoms with Crippen LogP contribution in [0.15, 0.2) is 42.5 Å². The van der Waals surface area contributed by atoms with Crippen LogP contribution >= 0.6 is 34.8 Å². The quantitative estimate of drug-likeness (QED) is 0.283. The van der Waals surface area contributed by atoms with Crippen LogP contribution < -0.4 is 15.4 Å². The molecule has 2 N–H and O–H groups in total. The van der Waals surface area contributed by atoms with Crippen LogP contribution in [0.4, 0.5) is 0 Å². The number of hydrogen-bond donors (Lipinski definition) is 2. The van der Waals surface area contributed by atoms with E-state index in [2.05, 4.69) is 24.5 Å². The number of carbonyl (C=O) groups is 1. The van der Waals surface area contributed by atoms with E-state index in [1.165, 1.54) is 12.8 Å². The molecule has 0 aliphatic heterocycles. The molecule has 1 amide bonds. The molecule has 1 heterocycles. The largest absolute Gasteiger partial charge is 0.439 e. The third-order valence-electron chi connectivity index (χ3n) is 7.68. The molecular weight excluding hydrogens is 531 g/mol. The normalized spacial score (nSPS) is 21.3. The molecule has 196 valence electrons. The fraction of sp³-hybridized carbons (Fsp3) is 0.429. The molecule has 6 nitrogen and oxygen atoms in total. The average molecular weight is 562 g/mol. The van der Waals surface area contributed by atoms with Crippen LogP contribution in [-0.4, -0.2) is 27.3 Å². The number of ether oxygens (including phenoxy) is 1. The molecule has 1 aromatic heterocycles. The van der Waals surface area contributed by atoms with Gasteiger partial charge in [-0.1, -0.05) is 41.7 Å². The van der Waals surface area contributed by atoms with Crippen molar-refractivity contribution in [2.75, 3.05) is 0 Å². The molecule has 2 fully saturated rings. The van der Waals surface area contributed by atoms with E-state index in [0.717, 1.165) is 25.7 Å². The number of hydrogen-bond acceptors (Lipinski definition) is 4. The fourth-order valence-electron chi connectivity index (χ4n) is 5.40. The summed E-state index contributed by atoms with van der Waals surface area (Å²) in [6, 6.07) is 12.5. The van der Waals surface area contributed by atoms with E-state index in [0.29, 0.717) is 56.1 Å². The minimum Gasteiger partial charge on any atom is -0.439 e. The number of nitrogens with zero attached hydrogens (tertiary/aromatic N) is 2. The molecule has 2 saturated carbocycles. The molecule has 1 atom stereocenters. The van der Waals surface area contributed by atoms with E-state index < -0.39 is 0 Å². The molecule has 37 heavy (non-hydrogen) atoms. The molecule has 0 radical (unpaired) electrons. The van der Waals surface area contributed by atoms with Crippen molar-refractivity contribution in [1.82, 2.24) is 20.4 Å². The van der Waals surface area contributed by atoms with Gasteiger partial charge < -0.3 is 15.4 Å². The SMILES string of the molecule is CCC(C)NCc1c(C(=O)NC23CCC(CC2)C3)nn(-c2ccc(Cl)cc2Cl)c1Oc1ccc(Cl)cc1. The lowest BCUT2D eigenvalue weighted by molar-refractivity contribution is 0.0894. The monoisotopic (exact) mass is 560 g/mol. The molecule has 0 spiro atoms. The topological polar surface area (TPSA) is 68.2 Å². The predicted octanol–water partition coefficient (Wildman–Crippen LogP) is 7.58. The summed E-state index contributed by atoms with van der Waals surface area (Å²) in [5.74, 6) is 1.51. The second-order valence-electron chi connectivity index (χ2n) is 10.3. The third kappa shape index (κ3) is 5.63. The van der Waals surface area contributed by atoms with Gasteiger partial charge in [0.15, 0.2) is 5.69 Å². The summed E-state index contributed by atoms with van der Waals surface area (Å²) in [5, 5.41) is 13.2. The molecule has 1 unspecified atom stereocenters. The van der Waals surface area contributed by atoms with E-state index in [9.17, 15) is 4.79 Å². The lowest BCUT2D eigenvalue weighted by Crippen LogP contribution is -2.45. The van der Waals surface area contributed by atoms with Crippen molar-refractivity contribution in [3.63, 3.8) is 0 Å². The van der Waals surface area contributed by atoms with Crippen molar-refractivity contribution in [1.29, 1.82) is 0 Å². The van der Waals surface area contributed by atoms with Crippen LogP contribution in [0.2, 0.25) is 15.1 Å². The molecule has 2 aromatic carbocycles. The summed E-state index contributed by atoms with van der Waals surface area (Å²) >= 11 is 18.9. The minimum atomic E-state index is -0.187. The van der Waals surface area contributed by atoms with Gasteiger partial charge in [0.05, 0.1) is 16.3 Å². The van der Waals surface area contributed by atoms with Gasteiger partial charge in [-0.15, -0.1) is 0 Å². The Bertz CT molecular complexity index is 1280. The number of nitrogens with one attached hydrogen (secondary N) is 2. The number of benzene rings is 2. The molecule has 3 aromatic rings. The van der Waals surface area contributed by atoms with Crippen LogP contribution in [0.1, 0.15) is 68.4 Å². The van der Waals surface area contributed by atoms with Gasteiger partial charge in [-0.3, -0.25) is 4.79 Å². The van der Waals surface area contributed by atoms with Gasteiger partial charge in [-0.2, -0.15) is 9.78 Å². The van der Waals surface area contributed by atoms with Crippen LogP contribution in [-0.2, 0) is 6.54 Å². The maximum Gasteiger partial charge on any atom is 0.272 e. The predicted molar refractivity (Wildman–Crippen MR) is 148 cm³/mol. The van der Waals surface area contributed by atoms with E-state index in [4.69, 9.17) is 44.6 Å². The maximum absolute atomic E-state index is 13.8. The Morgan fingerprint density at radius 2 is 1.84 bits per heavy atom. The standard InChI is InChI=1S/C28H31Cl3N4O2/c1-3-17(2)32-16-22-25(26(36)33-28-12-10-18(15-28)11-13-28)34-35(24-9-6-20(30)14-23(24)31)27(22)37-21-7-4-19(29)5-8-21/h4-9,14,17-18,32H,3,10-13,15-16H2,1-2H3,(H,33,36). The molecule has 9 heteroatoms. The lowest BCUT2D eigenvalue weighted by atomic mass is 9.93. The number of halogens is 3. The molecule has 0 saturated heterocycles. The van der Waals surface area contributed by atoms with Gasteiger partial charge in [0.25, 0.3) is 5.91 Å². The van der Waals surface area contributed by atoms with E-state index in [-0.39, 0.29) is 17.5 Å². The second-order valence-corrected chi connectivity index (χ2v) is 11.5. The zero-order valence-corrected chi connectivity index (χ0v) is 23.3. The molecule has 2 aliphatic rings. The highest BCUT2D eigenvalue weighted by Crippen LogP contribution is 2.48. The van der Waals surface area contributed by atoms with Crippen molar-refractivity contribution in [3.05, 3.63) is 68.8 Å². The number of fused-ring (bicyclic) bond motifs is 2. The highest BCUT2D eigenvalue weighted by molar-refractivity contribution is 6.35. The van der Waals surface area contributed by atoms with Crippen molar-refractivity contribution >= 4 is 40.7 Å². The van der Waals surface area contributed by atoms with E-state index in [1.807, 2.05) is 0 Å². The van der Waals surface area contributed by atoms with Crippen LogP contribution in [0.25, 0.3) is 5.69 Å². The number of rotatable bonds is 9. The average Bonchev–Trinajstić information content (AvgIpc) is 3.57. The minimum absolute atomic E-state index is 0.137. The Morgan fingerprint density at radius 1 is 1.14 bits per heavy atom. The Morgan fingerprint density at radius 3 is 2.46 bits per heavy atom. The zero-order valence-electron chi connectivity index (χ0n) is 21.0. The van der Waals surface area contributed by atoms with Gasteiger partial charge in [-0.25, -0.2) is 0 Å². The van der Waals surface area contributed by atoms with Gasteiger partial charge in [-0.05, 0) is 93.8 Å². The van der Waals surface area contributed by atoms with Gasteiger partial charge in [0.2, 0.25) is 5.88 Å². The summed E-state index contributed by atoms with van der Waals surface area (Å²) in [5.41, 5.74) is 1.43. The Labute approximate surface area is 232 Å². The summed E-state index contributed by atoms with van der Waals surface area (Å²) in [7, 11) is 0. The Kier molecular flexibility index (Phi) is 7.73. The first-order chi connectivity index (χ1) is 17.8. The van der Waals surface area contributed by atoms with Crippen molar-refractivity contribution in [3.8, 4) is 17.3 Å². The van der Waals surface area contributed by atoms with E-state index >= 15 is 0 Å². The first kappa shape index (κ1) is 26.4. The van der Waals surface area contributed by atoms with Crippen LogP contribution in [0, 0.1) is 5.92 Å². The summed E-state index contributed by atoms with van der Waals surface area (Å²) < 4.78 is 7.99. The number of amides is 1. The highest BCUT2D eigenvalue weighted by atomic mass is 35.5. The number of aromatic nitrogens is 2. The maximum atomic E-state index is 13.8. The van der Waals surface area contributed by atoms with Crippen LogP contribution in [0.3, 0.4) is 0 Å². The van der Waals surface area contributed by atoms with E-state index in [1.54, 1.807) is 47.1 Å². The Balaban J connectivity index is 1.60. The van der Waals surface area contributed by atoms with Crippen molar-refractivity contribution < 1.29 is 9.53 Å². The highest BCUT2D eigenvalue weighted by Gasteiger charge is 2.46. The first-order valence-corrected chi connectivity index (χ1v) is 14.0. The van der Waals surface area contributed by atoms with Gasteiger partial charge >= 0.3 is 0 Å². The number of carbonyl (C=O) groups excluding carboxylic acids is 1. The molecule has 5 rings (SSSR count). The van der Waals surface area contributed by atoms with Gasteiger partial charge in [0, 0.05) is 28.2 Å². The second kappa shape index (κ2) is 10.9. The summed E-state index contributed by atoms with van der Waals surface area (Å²) in [4.78, 5) is 13.8. The summed E-state index contributed by atoms with van der Waals surface area (Å²) in [6.07, 6.45) is 6.35. The Hall–Kier alpha value is -2.25. The van der Waals surface area contributed by atoms with Crippen molar-refractivity contribution in [2.24, 2.45) is 5.92 Å². The fourth-order valence-corrected chi connectivity index (χ4v) is 6.01.